The molecule has 75 valence electrons. The molecular weight excluding hydrogens is 182 g/mol. The first kappa shape index (κ1) is 9.78. The molecule has 0 saturated heterocycles. The summed E-state index contributed by atoms with van der Waals surface area (Å²) < 4.78 is 0. The molecule has 0 aliphatic carbocycles. The third-order valence-electron chi connectivity index (χ3n) is 2.29. The highest BCUT2D eigenvalue weighted by Crippen LogP contribution is 2.17. The first-order chi connectivity index (χ1) is 7.24. The summed E-state index contributed by atoms with van der Waals surface area (Å²) in [6, 6.07) is 17.5. The number of nitrogens with one attached hydrogen (secondary N) is 1. The van der Waals surface area contributed by atoms with Crippen LogP contribution in [0.1, 0.15) is 11.1 Å². The first-order valence-corrected chi connectivity index (χ1v) is 5.06. The average Bonchev–Trinajstić information content (AvgIpc) is 2.22. The molecule has 2 aromatic carbocycles. The van der Waals surface area contributed by atoms with Crippen LogP contribution in [0.4, 0.5) is 11.4 Å². The molecular formula is C14H14N. The van der Waals surface area contributed by atoms with E-state index in [4.69, 9.17) is 0 Å². The minimum atomic E-state index is 1.11. The second-order valence-electron chi connectivity index (χ2n) is 3.75. The molecule has 0 aliphatic heterocycles. The van der Waals surface area contributed by atoms with Crippen molar-refractivity contribution in [2.75, 3.05) is 5.32 Å². The van der Waals surface area contributed by atoms with Crippen LogP contribution < -0.4 is 5.32 Å². The van der Waals surface area contributed by atoms with Crippen molar-refractivity contribution in [3.8, 4) is 0 Å². The summed E-state index contributed by atoms with van der Waals surface area (Å²) in [5.41, 5.74) is 4.64. The van der Waals surface area contributed by atoms with Gasteiger partial charge in [-0.3, -0.25) is 0 Å². The lowest BCUT2D eigenvalue weighted by Gasteiger charge is -2.06. The highest BCUT2D eigenvalue weighted by molar-refractivity contribution is 5.60. The molecule has 1 N–H and O–H groups in total. The van der Waals surface area contributed by atoms with Crippen LogP contribution >= 0.6 is 0 Å². The van der Waals surface area contributed by atoms with E-state index in [-0.39, 0.29) is 0 Å². The minimum Gasteiger partial charge on any atom is -0.356 e. The fraction of sp³-hybridized carbons (Fsp3) is 0.143. The van der Waals surface area contributed by atoms with Crippen molar-refractivity contribution in [1.29, 1.82) is 0 Å². The van der Waals surface area contributed by atoms with Gasteiger partial charge in [-0.1, -0.05) is 23.8 Å². The monoisotopic (exact) mass is 196 g/mol. The van der Waals surface area contributed by atoms with Gasteiger partial charge in [-0.15, -0.1) is 0 Å². The Kier molecular flexibility index (Phi) is 2.72. The quantitative estimate of drug-likeness (QED) is 0.769. The molecule has 1 radical (unpaired) electrons. The molecule has 1 heteroatoms. The lowest BCUT2D eigenvalue weighted by molar-refractivity contribution is 1.42. The van der Waals surface area contributed by atoms with Gasteiger partial charge < -0.3 is 5.32 Å². The van der Waals surface area contributed by atoms with Gasteiger partial charge in [0, 0.05) is 11.4 Å². The smallest absolute Gasteiger partial charge is 0.0387 e. The van der Waals surface area contributed by atoms with Gasteiger partial charge in [0.1, 0.15) is 0 Å². The summed E-state index contributed by atoms with van der Waals surface area (Å²) >= 11 is 0. The van der Waals surface area contributed by atoms with E-state index < -0.39 is 0 Å². The lowest BCUT2D eigenvalue weighted by atomic mass is 10.2. The van der Waals surface area contributed by atoms with E-state index >= 15 is 0 Å². The van der Waals surface area contributed by atoms with Gasteiger partial charge in [0.25, 0.3) is 0 Å². The molecule has 0 amide bonds. The van der Waals surface area contributed by atoms with Crippen molar-refractivity contribution in [2.45, 2.75) is 13.8 Å². The predicted octanol–water partition coefficient (Wildman–Crippen LogP) is 3.85. The van der Waals surface area contributed by atoms with E-state index in [2.05, 4.69) is 48.6 Å². The topological polar surface area (TPSA) is 12.0 Å². The second kappa shape index (κ2) is 4.18. The number of aryl methyl sites for hydroxylation is 2. The number of rotatable bonds is 2. The van der Waals surface area contributed by atoms with E-state index in [1.807, 2.05) is 19.1 Å². The van der Waals surface area contributed by atoms with Crippen molar-refractivity contribution in [2.24, 2.45) is 0 Å². The molecule has 0 aromatic heterocycles. The van der Waals surface area contributed by atoms with Crippen molar-refractivity contribution >= 4 is 11.4 Å². The molecule has 2 aromatic rings. The van der Waals surface area contributed by atoms with Crippen molar-refractivity contribution in [3.05, 3.63) is 59.7 Å². The SMILES string of the molecule is Cc1[c]ccc(Nc2ccc(C)cc2)c1. The molecule has 0 spiro atoms. The molecule has 0 fully saturated rings. The largest absolute Gasteiger partial charge is 0.356 e. The number of hydrogen-bond acceptors (Lipinski definition) is 1. The third kappa shape index (κ3) is 2.59. The molecule has 0 bridgehead atoms. The van der Waals surface area contributed by atoms with Crippen LogP contribution in [0.15, 0.2) is 42.5 Å². The summed E-state index contributed by atoms with van der Waals surface area (Å²) in [5.74, 6) is 0. The van der Waals surface area contributed by atoms with Crippen molar-refractivity contribution in [3.63, 3.8) is 0 Å². The van der Waals surface area contributed by atoms with Crippen LogP contribution in [-0.2, 0) is 0 Å². The Labute approximate surface area is 90.8 Å². The number of anilines is 2. The van der Waals surface area contributed by atoms with Crippen LogP contribution in [0.25, 0.3) is 0 Å². The Morgan fingerprint density at radius 2 is 1.67 bits per heavy atom. The Morgan fingerprint density at radius 1 is 0.933 bits per heavy atom. The molecule has 15 heavy (non-hydrogen) atoms. The van der Waals surface area contributed by atoms with Crippen LogP contribution in [0.2, 0.25) is 0 Å². The van der Waals surface area contributed by atoms with Gasteiger partial charge in [-0.25, -0.2) is 0 Å². The normalized spacial score (nSPS) is 10.0. The first-order valence-electron chi connectivity index (χ1n) is 5.06. The van der Waals surface area contributed by atoms with Gasteiger partial charge in [0.05, 0.1) is 0 Å². The van der Waals surface area contributed by atoms with E-state index in [9.17, 15) is 0 Å². The second-order valence-corrected chi connectivity index (χ2v) is 3.75. The summed E-state index contributed by atoms with van der Waals surface area (Å²) in [4.78, 5) is 0. The van der Waals surface area contributed by atoms with E-state index in [1.165, 1.54) is 5.56 Å². The van der Waals surface area contributed by atoms with Crippen LogP contribution in [0.3, 0.4) is 0 Å². The fourth-order valence-corrected chi connectivity index (χ4v) is 1.47. The van der Waals surface area contributed by atoms with Crippen LogP contribution in [0.5, 0.6) is 0 Å². The van der Waals surface area contributed by atoms with Gasteiger partial charge in [-0.05, 0) is 49.7 Å². The Hall–Kier alpha value is -1.76. The molecule has 0 unspecified atom stereocenters. The molecule has 0 aliphatic rings. The molecule has 1 nitrogen and oxygen atoms in total. The van der Waals surface area contributed by atoms with Gasteiger partial charge in [-0.2, -0.15) is 0 Å². The van der Waals surface area contributed by atoms with E-state index in [1.54, 1.807) is 0 Å². The maximum Gasteiger partial charge on any atom is 0.0387 e. The van der Waals surface area contributed by atoms with E-state index in [0.29, 0.717) is 0 Å². The van der Waals surface area contributed by atoms with Crippen molar-refractivity contribution < 1.29 is 0 Å². The van der Waals surface area contributed by atoms with Gasteiger partial charge in [0.2, 0.25) is 0 Å². The third-order valence-corrected chi connectivity index (χ3v) is 2.29. The van der Waals surface area contributed by atoms with E-state index in [0.717, 1.165) is 16.9 Å². The van der Waals surface area contributed by atoms with Crippen molar-refractivity contribution in [1.82, 2.24) is 0 Å². The predicted molar refractivity (Wildman–Crippen MR) is 64.5 cm³/mol. The summed E-state index contributed by atoms with van der Waals surface area (Å²) in [5, 5.41) is 3.35. The Balaban J connectivity index is 2.18. The zero-order valence-corrected chi connectivity index (χ0v) is 9.04. The lowest BCUT2D eigenvalue weighted by Crippen LogP contribution is -1.90. The highest BCUT2D eigenvalue weighted by Gasteiger charge is 1.94. The van der Waals surface area contributed by atoms with Crippen LogP contribution in [-0.4, -0.2) is 0 Å². The average molecular weight is 196 g/mol. The maximum absolute atomic E-state index is 3.35. The van der Waals surface area contributed by atoms with Gasteiger partial charge in [0.15, 0.2) is 0 Å². The molecule has 0 heterocycles. The maximum atomic E-state index is 3.35. The molecule has 2 rings (SSSR count). The van der Waals surface area contributed by atoms with Gasteiger partial charge >= 0.3 is 0 Å². The standard InChI is InChI=1S/C14H14N/c1-11-6-8-13(9-7-11)15-14-5-3-4-12(2)10-14/h3,5-10,15H,1-2H3. The number of benzene rings is 2. The molecule has 0 saturated carbocycles. The van der Waals surface area contributed by atoms with Crippen LogP contribution in [0, 0.1) is 19.9 Å². The zero-order chi connectivity index (χ0) is 10.7. The summed E-state index contributed by atoms with van der Waals surface area (Å²) in [6.45, 7) is 4.13. The number of hydrogen-bond donors (Lipinski definition) is 1. The summed E-state index contributed by atoms with van der Waals surface area (Å²) in [6.07, 6.45) is 0. The fourth-order valence-electron chi connectivity index (χ4n) is 1.47. The Bertz CT molecular complexity index is 443. The minimum absolute atomic E-state index is 1.11. The summed E-state index contributed by atoms with van der Waals surface area (Å²) in [7, 11) is 0. The highest BCUT2D eigenvalue weighted by atomic mass is 14.9. The Morgan fingerprint density at radius 3 is 2.33 bits per heavy atom. The molecule has 0 atom stereocenters. The zero-order valence-electron chi connectivity index (χ0n) is 9.04.